The maximum absolute atomic E-state index is 14.5. The fraction of sp³-hybridized carbons (Fsp3) is 0.545. The van der Waals surface area contributed by atoms with E-state index in [0.29, 0.717) is 98.9 Å². The van der Waals surface area contributed by atoms with E-state index in [9.17, 15) is 27.6 Å². The van der Waals surface area contributed by atoms with Gasteiger partial charge in [-0.3, -0.25) is 29.2 Å². The highest BCUT2D eigenvalue weighted by Crippen LogP contribution is 2.38. The molecule has 4 aliphatic rings. The summed E-state index contributed by atoms with van der Waals surface area (Å²) in [6.07, 6.45) is 10.2. The molecule has 0 saturated carbocycles. The lowest BCUT2D eigenvalue weighted by Crippen LogP contribution is -2.59. The Morgan fingerprint density at radius 3 is 2.32 bits per heavy atom. The number of ether oxygens (including phenoxy) is 1. The van der Waals surface area contributed by atoms with Crippen molar-refractivity contribution in [3.05, 3.63) is 83.1 Å². The van der Waals surface area contributed by atoms with Gasteiger partial charge < -0.3 is 40.7 Å². The molecule has 3 aromatic heterocycles. The summed E-state index contributed by atoms with van der Waals surface area (Å²) < 4.78 is 33.1. The van der Waals surface area contributed by atoms with Crippen LogP contribution in [0.3, 0.4) is 0 Å². The number of carbonyl (C=O) groups is 4. The van der Waals surface area contributed by atoms with Crippen LogP contribution in [0.5, 0.6) is 5.75 Å². The number of nitrogens with zero attached hydrogens (tertiary/aromatic N) is 9. The Labute approximate surface area is 451 Å². The van der Waals surface area contributed by atoms with Crippen LogP contribution in [0.15, 0.2) is 60.0 Å². The lowest BCUT2D eigenvalue weighted by Gasteiger charge is -2.38. The van der Waals surface area contributed by atoms with Gasteiger partial charge >= 0.3 is 0 Å². The third-order valence-electron chi connectivity index (χ3n) is 15.9. The number of aromatic amines is 1. The van der Waals surface area contributed by atoms with Gasteiger partial charge in [-0.25, -0.2) is 28.4 Å². The third kappa shape index (κ3) is 12.0. The van der Waals surface area contributed by atoms with Crippen LogP contribution in [0.1, 0.15) is 111 Å². The Hall–Kier alpha value is -6.78. The Bertz CT molecular complexity index is 3060. The highest BCUT2D eigenvalue weighted by atomic mass is 32.2. The molecule has 5 N–H and O–H groups in total. The van der Waals surface area contributed by atoms with Gasteiger partial charge in [0.2, 0.25) is 23.7 Å². The van der Waals surface area contributed by atoms with E-state index in [4.69, 9.17) is 4.74 Å². The number of likely N-dealkylation sites (N-methyl/N-ethyl adjacent to an activating group) is 1. The first kappa shape index (κ1) is 55.0. The number of likely N-dealkylation sites (tertiary alicyclic amines) is 2. The molecule has 3 fully saturated rings. The van der Waals surface area contributed by atoms with Crippen LogP contribution in [0.25, 0.3) is 10.9 Å². The second-order valence-corrected chi connectivity index (χ2v) is 24.5. The van der Waals surface area contributed by atoms with E-state index in [2.05, 4.69) is 73.3 Å². The van der Waals surface area contributed by atoms with Crippen molar-refractivity contribution in [2.45, 2.75) is 127 Å². The minimum atomic E-state index is -3.84. The van der Waals surface area contributed by atoms with E-state index < -0.39 is 32.7 Å². The van der Waals surface area contributed by atoms with Crippen LogP contribution < -0.4 is 30.9 Å². The summed E-state index contributed by atoms with van der Waals surface area (Å²) in [7, 11) is -2.14. The van der Waals surface area contributed by atoms with E-state index in [1.807, 2.05) is 26.0 Å². The third-order valence-corrected chi connectivity index (χ3v) is 18.4. The molecule has 0 bridgehead atoms. The van der Waals surface area contributed by atoms with Crippen LogP contribution in [0, 0.1) is 19.8 Å². The predicted molar refractivity (Wildman–Crippen MR) is 293 cm³/mol. The number of sulfone groups is 1. The van der Waals surface area contributed by atoms with Gasteiger partial charge in [-0.2, -0.15) is 5.10 Å². The summed E-state index contributed by atoms with van der Waals surface area (Å²) in [6.45, 7) is 15.7. The highest BCUT2D eigenvalue weighted by Gasteiger charge is 2.43. The fourth-order valence-corrected chi connectivity index (χ4v) is 12.1. The van der Waals surface area contributed by atoms with Crippen LogP contribution in [0.4, 0.5) is 17.6 Å². The van der Waals surface area contributed by atoms with Crippen molar-refractivity contribution in [1.82, 2.24) is 60.8 Å². The first-order chi connectivity index (χ1) is 36.9. The molecule has 1 aliphatic carbocycles. The predicted octanol–water partition coefficient (Wildman–Crippen LogP) is 4.80. The Morgan fingerprint density at radius 2 is 1.62 bits per heavy atom. The molecule has 412 valence electrons. The number of hydrogen-bond donors (Lipinski definition) is 5. The van der Waals surface area contributed by atoms with Crippen molar-refractivity contribution in [3.8, 4) is 5.75 Å². The summed E-state index contributed by atoms with van der Waals surface area (Å²) in [5.41, 5.74) is 5.11. The van der Waals surface area contributed by atoms with E-state index in [1.165, 1.54) is 11.9 Å². The van der Waals surface area contributed by atoms with E-state index in [1.54, 1.807) is 69.1 Å². The second-order valence-electron chi connectivity index (χ2n) is 21.9. The van der Waals surface area contributed by atoms with Gasteiger partial charge in [-0.05, 0) is 123 Å². The zero-order valence-corrected chi connectivity index (χ0v) is 46.2. The summed E-state index contributed by atoms with van der Waals surface area (Å²) >= 11 is 0. The van der Waals surface area contributed by atoms with Gasteiger partial charge in [0, 0.05) is 87.5 Å². The van der Waals surface area contributed by atoms with Crippen LogP contribution in [-0.4, -0.2) is 166 Å². The van der Waals surface area contributed by atoms with Gasteiger partial charge in [0.05, 0.1) is 34.5 Å². The zero-order chi connectivity index (χ0) is 54.6. The number of carbonyl (C=O) groups excluding carboxylic acids is 4. The average Bonchev–Trinajstić information content (AvgIpc) is 4.08. The van der Waals surface area contributed by atoms with Gasteiger partial charge in [-0.15, -0.1) is 0 Å². The van der Waals surface area contributed by atoms with Crippen molar-refractivity contribution in [1.29, 1.82) is 0 Å². The average molecular weight is 1080 g/mol. The summed E-state index contributed by atoms with van der Waals surface area (Å²) in [4.78, 5) is 81.7. The Kier molecular flexibility index (Phi) is 16.7. The van der Waals surface area contributed by atoms with Crippen molar-refractivity contribution in [2.24, 2.45) is 5.92 Å². The molecule has 3 saturated heterocycles. The van der Waals surface area contributed by atoms with Crippen molar-refractivity contribution in [3.63, 3.8) is 0 Å². The Morgan fingerprint density at radius 1 is 0.883 bits per heavy atom. The molecule has 2 unspecified atom stereocenters. The molecular formula is C55H74N14O7S. The van der Waals surface area contributed by atoms with Crippen LogP contribution in [0.2, 0.25) is 0 Å². The first-order valence-electron chi connectivity index (χ1n) is 27.1. The molecule has 5 aromatic rings. The largest absolute Gasteiger partial charge is 0.492 e. The summed E-state index contributed by atoms with van der Waals surface area (Å²) in [5, 5.41) is 20.3. The van der Waals surface area contributed by atoms with Crippen molar-refractivity contribution >= 4 is 62.0 Å². The van der Waals surface area contributed by atoms with Gasteiger partial charge in [0.15, 0.2) is 15.7 Å². The number of H-pyrrole nitrogens is 1. The molecule has 9 rings (SSSR count). The van der Waals surface area contributed by atoms with E-state index >= 15 is 0 Å². The molecule has 22 heteroatoms. The number of piperidine rings is 1. The van der Waals surface area contributed by atoms with Gasteiger partial charge in [0.1, 0.15) is 34.9 Å². The highest BCUT2D eigenvalue weighted by molar-refractivity contribution is 7.92. The van der Waals surface area contributed by atoms with Crippen LogP contribution in [-0.2, 0) is 30.6 Å². The monoisotopic (exact) mass is 1070 g/mol. The summed E-state index contributed by atoms with van der Waals surface area (Å²) in [6, 6.07) is 9.35. The number of benzene rings is 2. The number of fused-ring (bicyclic) bond motifs is 2. The quantitative estimate of drug-likeness (QED) is 0.0785. The van der Waals surface area contributed by atoms with Crippen molar-refractivity contribution < 1.29 is 32.3 Å². The van der Waals surface area contributed by atoms with E-state index in [-0.39, 0.29) is 52.8 Å². The number of anilines is 3. The topological polar surface area (TPSA) is 253 Å². The molecule has 4 atom stereocenters. The molecule has 2 aromatic carbocycles. The van der Waals surface area contributed by atoms with Crippen LogP contribution >= 0.6 is 0 Å². The number of amides is 4. The Balaban J connectivity index is 0.764. The standard InChI is InChI=1S/C55H74N14O7S/c1-34-35(2)64-65-48(34)63-49-41-29-46(77(74,75)55(4,5)6)45(30-43(41)59-33-60-49)76-28-12-20-66-24-26-68(27-25-66)54-57-31-39(32-58-54)52(72)67-22-18-38(19-23-67)47(62-50(70)36(3)56-7)53(73)69-21-11-17-44(69)51(71)61-42-16-10-14-37-13-8-9-15-40(37)42/h8-9,13,15,29-33,36,38,42,44,47,56H,10-12,14,16-28H2,1-7H3,(H,61,71)(H,62,70)(H2,59,60,63,64,65)/t36?,42-,44+,47?/m1/s1. The normalized spacial score (nSPS) is 19.4. The molecule has 0 spiro atoms. The molecule has 6 heterocycles. The fourth-order valence-electron chi connectivity index (χ4n) is 10.8. The number of aromatic nitrogens is 6. The zero-order valence-electron chi connectivity index (χ0n) is 45.4. The van der Waals surface area contributed by atoms with Crippen molar-refractivity contribution in [2.75, 3.05) is 76.2 Å². The molecule has 77 heavy (non-hydrogen) atoms. The molecule has 0 radical (unpaired) electrons. The van der Waals surface area contributed by atoms with Gasteiger partial charge in [-0.1, -0.05) is 24.3 Å². The molecule has 3 aliphatic heterocycles. The van der Waals surface area contributed by atoms with Gasteiger partial charge in [0.25, 0.3) is 5.91 Å². The lowest BCUT2D eigenvalue weighted by molar-refractivity contribution is -0.143. The maximum atomic E-state index is 14.5. The molecule has 21 nitrogen and oxygen atoms in total. The first-order valence-corrected chi connectivity index (χ1v) is 28.6. The number of aryl methyl sites for hydroxylation is 2. The molecule has 4 amide bonds. The number of rotatable bonds is 17. The SMILES string of the molecule is CNC(C)C(=O)NC(C(=O)N1CCC[C@H]1C(=O)N[C@@H]1CCCc2ccccc21)C1CCN(C(=O)c2cnc(N3CCN(CCCOc4cc5ncnc(Nc6n[nH]c(C)c6C)c5cc4S(=O)(=O)C(C)(C)C)CC3)nc2)CC1. The maximum Gasteiger partial charge on any atom is 0.256 e. The second kappa shape index (κ2) is 23.4. The lowest BCUT2D eigenvalue weighted by atomic mass is 9.87. The smallest absolute Gasteiger partial charge is 0.256 e. The number of piperazine rings is 1. The number of nitrogens with one attached hydrogen (secondary N) is 5. The molecular weight excluding hydrogens is 1000 g/mol. The van der Waals surface area contributed by atoms with E-state index in [0.717, 1.165) is 55.7 Å². The number of hydrogen-bond acceptors (Lipinski definition) is 16. The minimum absolute atomic E-state index is 0.0757. The summed E-state index contributed by atoms with van der Waals surface area (Å²) in [5.74, 6) is 0.643. The minimum Gasteiger partial charge on any atom is -0.492 e.